The number of benzene rings is 2. The maximum atomic E-state index is 14.3. The van der Waals surface area contributed by atoms with Gasteiger partial charge in [0.25, 0.3) is 0 Å². The molecule has 1 aromatic heterocycles. The van der Waals surface area contributed by atoms with Crippen molar-refractivity contribution >= 4 is 29.1 Å². The molecule has 1 saturated heterocycles. The number of para-hydroxylation sites is 1. The van der Waals surface area contributed by atoms with Crippen LogP contribution in [0.1, 0.15) is 34.3 Å². The van der Waals surface area contributed by atoms with Crippen LogP contribution in [0.4, 0.5) is 15.8 Å². The summed E-state index contributed by atoms with van der Waals surface area (Å²) in [6.45, 7) is 1.39. The van der Waals surface area contributed by atoms with Crippen LogP contribution in [0.15, 0.2) is 59.8 Å². The van der Waals surface area contributed by atoms with Gasteiger partial charge in [0.1, 0.15) is 18.0 Å². The van der Waals surface area contributed by atoms with Crippen molar-refractivity contribution in [3.8, 4) is 11.8 Å². The van der Waals surface area contributed by atoms with Gasteiger partial charge in [0.05, 0.1) is 27.3 Å². The Labute approximate surface area is 210 Å². The highest BCUT2D eigenvalue weighted by Crippen LogP contribution is 2.33. The number of hydrogen-bond donors (Lipinski definition) is 1. The lowest BCUT2D eigenvalue weighted by molar-refractivity contribution is -0.386. The third-order valence-electron chi connectivity index (χ3n) is 5.75. The number of ether oxygens (including phenoxy) is 1. The van der Waals surface area contributed by atoms with Crippen LogP contribution in [0.3, 0.4) is 0 Å². The van der Waals surface area contributed by atoms with Crippen LogP contribution in [0.2, 0.25) is 0 Å². The number of anilines is 1. The highest BCUT2D eigenvalue weighted by molar-refractivity contribution is 7.99. The van der Waals surface area contributed by atoms with Gasteiger partial charge in [0.2, 0.25) is 0 Å². The maximum absolute atomic E-state index is 14.3. The van der Waals surface area contributed by atoms with E-state index < -0.39 is 22.1 Å². The minimum atomic E-state index is -1.40. The number of nitro benzene ring substituents is 1. The van der Waals surface area contributed by atoms with Crippen molar-refractivity contribution in [2.45, 2.75) is 29.7 Å². The SMILES string of the molecule is N#Cc1ccc(N2CCC(Sc3ccc(COc4cccc(C(=O)O)c4[N+](=O)[O-])cn3)CC2)c(F)c1. The summed E-state index contributed by atoms with van der Waals surface area (Å²) in [4.78, 5) is 28.3. The van der Waals surface area contributed by atoms with Crippen molar-refractivity contribution in [1.82, 2.24) is 4.98 Å². The zero-order valence-electron chi connectivity index (χ0n) is 19.0. The fraction of sp³-hybridized carbons (Fsp3) is 0.240. The minimum absolute atomic E-state index is 0.00357. The number of hydrogen-bond acceptors (Lipinski definition) is 8. The van der Waals surface area contributed by atoms with Crippen LogP contribution in [-0.2, 0) is 6.61 Å². The number of halogens is 1. The van der Waals surface area contributed by atoms with E-state index in [1.54, 1.807) is 30.1 Å². The zero-order valence-corrected chi connectivity index (χ0v) is 19.8. The molecule has 1 N–H and O–H groups in total. The molecule has 11 heteroatoms. The smallest absolute Gasteiger partial charge is 0.342 e. The number of rotatable bonds is 8. The second kappa shape index (κ2) is 11.0. The molecule has 0 saturated carbocycles. The summed E-state index contributed by atoms with van der Waals surface area (Å²) in [6, 6.07) is 14.0. The summed E-state index contributed by atoms with van der Waals surface area (Å²) in [6.07, 6.45) is 3.32. The summed E-state index contributed by atoms with van der Waals surface area (Å²) in [5.41, 5.74) is 0.468. The second-order valence-corrected chi connectivity index (χ2v) is 9.41. The van der Waals surface area contributed by atoms with Crippen molar-refractivity contribution in [3.63, 3.8) is 0 Å². The van der Waals surface area contributed by atoms with Crippen molar-refractivity contribution in [2.24, 2.45) is 0 Å². The maximum Gasteiger partial charge on any atom is 0.342 e. The number of aromatic nitrogens is 1. The van der Waals surface area contributed by atoms with Gasteiger partial charge >= 0.3 is 11.7 Å². The van der Waals surface area contributed by atoms with Gasteiger partial charge in [0, 0.05) is 30.1 Å². The molecule has 2 aromatic carbocycles. The molecule has 0 amide bonds. The fourth-order valence-corrected chi connectivity index (χ4v) is 4.99. The molecule has 184 valence electrons. The van der Waals surface area contributed by atoms with E-state index in [-0.39, 0.29) is 18.2 Å². The summed E-state index contributed by atoms with van der Waals surface area (Å²) in [7, 11) is 0. The lowest BCUT2D eigenvalue weighted by Gasteiger charge is -2.33. The molecule has 0 bridgehead atoms. The summed E-state index contributed by atoms with van der Waals surface area (Å²) < 4.78 is 19.9. The number of pyridine rings is 1. The van der Waals surface area contributed by atoms with E-state index in [4.69, 9.17) is 10.00 Å². The standard InChI is InChI=1S/C25H21FN4O5S/c26-20-12-16(13-27)4-6-21(20)29-10-8-18(9-11-29)36-23-7-5-17(14-28-23)15-35-22-3-1-2-19(25(31)32)24(22)30(33)34/h1-7,12,14,18H,8-11,15H2,(H,31,32). The van der Waals surface area contributed by atoms with E-state index in [9.17, 15) is 24.4 Å². The number of nitriles is 1. The molecule has 9 nitrogen and oxygen atoms in total. The Morgan fingerprint density at radius 3 is 2.67 bits per heavy atom. The monoisotopic (exact) mass is 508 g/mol. The van der Waals surface area contributed by atoms with Crippen LogP contribution < -0.4 is 9.64 Å². The molecule has 0 atom stereocenters. The number of nitro groups is 1. The van der Waals surface area contributed by atoms with E-state index in [0.717, 1.165) is 23.9 Å². The number of carboxylic acids is 1. The third kappa shape index (κ3) is 5.72. The van der Waals surface area contributed by atoms with E-state index in [0.29, 0.717) is 35.2 Å². The van der Waals surface area contributed by atoms with Crippen molar-refractivity contribution < 1.29 is 24.0 Å². The predicted octanol–water partition coefficient (Wildman–Crippen LogP) is 5.04. The number of piperidine rings is 1. The van der Waals surface area contributed by atoms with Crippen LogP contribution in [0.5, 0.6) is 5.75 Å². The van der Waals surface area contributed by atoms with Gasteiger partial charge in [0.15, 0.2) is 5.75 Å². The van der Waals surface area contributed by atoms with Crippen molar-refractivity contribution in [3.05, 3.63) is 87.3 Å². The second-order valence-electron chi connectivity index (χ2n) is 8.09. The Morgan fingerprint density at radius 2 is 2.06 bits per heavy atom. The molecular weight excluding hydrogens is 487 g/mol. The molecule has 36 heavy (non-hydrogen) atoms. The molecule has 0 spiro atoms. The van der Waals surface area contributed by atoms with E-state index in [1.807, 2.05) is 23.1 Å². The molecular formula is C25H21FN4O5S. The number of carbonyl (C=O) groups is 1. The van der Waals surface area contributed by atoms with Crippen molar-refractivity contribution in [1.29, 1.82) is 5.26 Å². The van der Waals surface area contributed by atoms with E-state index in [1.165, 1.54) is 18.2 Å². The molecule has 2 heterocycles. The molecule has 1 aliphatic heterocycles. The van der Waals surface area contributed by atoms with Gasteiger partial charge in [-0.3, -0.25) is 10.1 Å². The Balaban J connectivity index is 1.32. The molecule has 0 unspecified atom stereocenters. The fourth-order valence-electron chi connectivity index (χ4n) is 3.95. The van der Waals surface area contributed by atoms with Gasteiger partial charge in [-0.2, -0.15) is 5.26 Å². The molecule has 0 radical (unpaired) electrons. The van der Waals surface area contributed by atoms with Crippen LogP contribution in [0, 0.1) is 27.3 Å². The number of thioether (sulfide) groups is 1. The highest BCUT2D eigenvalue weighted by atomic mass is 32.2. The number of aromatic carboxylic acids is 1. The number of nitrogens with zero attached hydrogens (tertiary/aromatic N) is 4. The van der Waals surface area contributed by atoms with Gasteiger partial charge in [-0.1, -0.05) is 12.1 Å². The quantitative estimate of drug-likeness (QED) is 0.328. The van der Waals surface area contributed by atoms with Gasteiger partial charge < -0.3 is 14.7 Å². The van der Waals surface area contributed by atoms with E-state index >= 15 is 0 Å². The summed E-state index contributed by atoms with van der Waals surface area (Å²) in [5, 5.41) is 30.6. The normalized spacial score (nSPS) is 13.7. The predicted molar refractivity (Wildman–Crippen MR) is 131 cm³/mol. The van der Waals surface area contributed by atoms with E-state index in [2.05, 4.69) is 4.98 Å². The van der Waals surface area contributed by atoms with Gasteiger partial charge in [-0.25, -0.2) is 14.2 Å². The lowest BCUT2D eigenvalue weighted by Crippen LogP contribution is -2.35. The largest absolute Gasteiger partial charge is 0.482 e. The lowest BCUT2D eigenvalue weighted by atomic mass is 10.1. The topological polar surface area (TPSA) is 130 Å². The molecule has 1 aliphatic rings. The highest BCUT2D eigenvalue weighted by Gasteiger charge is 2.26. The summed E-state index contributed by atoms with van der Waals surface area (Å²) >= 11 is 1.64. The first-order valence-corrected chi connectivity index (χ1v) is 11.9. The van der Waals surface area contributed by atoms with Gasteiger partial charge in [-0.05, 0) is 49.2 Å². The Bertz CT molecular complexity index is 1320. The summed E-state index contributed by atoms with van der Waals surface area (Å²) in [5.74, 6) is -1.91. The van der Waals surface area contributed by atoms with Gasteiger partial charge in [-0.15, -0.1) is 11.8 Å². The first kappa shape index (κ1) is 24.9. The Hall–Kier alpha value is -4.17. The first-order chi connectivity index (χ1) is 17.4. The molecule has 4 rings (SSSR count). The molecule has 1 fully saturated rings. The Morgan fingerprint density at radius 1 is 1.28 bits per heavy atom. The third-order valence-corrected chi connectivity index (χ3v) is 7.04. The average Bonchev–Trinajstić information content (AvgIpc) is 2.88. The Kier molecular flexibility index (Phi) is 7.65. The van der Waals surface area contributed by atoms with Crippen LogP contribution in [-0.4, -0.2) is 39.3 Å². The molecule has 0 aliphatic carbocycles. The van der Waals surface area contributed by atoms with Crippen LogP contribution in [0.25, 0.3) is 0 Å². The number of carboxylic acid groups (broad SMARTS) is 1. The van der Waals surface area contributed by atoms with Crippen LogP contribution >= 0.6 is 11.8 Å². The zero-order chi connectivity index (χ0) is 25.7. The average molecular weight is 509 g/mol. The minimum Gasteiger partial charge on any atom is -0.482 e. The van der Waals surface area contributed by atoms with Crippen molar-refractivity contribution in [2.75, 3.05) is 18.0 Å². The molecule has 3 aromatic rings. The first-order valence-electron chi connectivity index (χ1n) is 11.1.